The molecule has 16 heavy (non-hydrogen) atoms. The summed E-state index contributed by atoms with van der Waals surface area (Å²) in [6.07, 6.45) is -0.943. The Kier molecular flexibility index (Phi) is 4.25. The largest absolute Gasteiger partial charge is 0.480 e. The lowest BCUT2D eigenvalue weighted by Gasteiger charge is -2.34. The Morgan fingerprint density at radius 3 is 2.62 bits per heavy atom. The van der Waals surface area contributed by atoms with Crippen LogP contribution in [0.3, 0.4) is 0 Å². The second-order valence-corrected chi connectivity index (χ2v) is 5.69. The molecular weight excluding hydrogens is 238 g/mol. The number of hydrogen-bond acceptors (Lipinski definition) is 5. The van der Waals surface area contributed by atoms with Gasteiger partial charge in [-0.25, -0.2) is 8.42 Å². The number of rotatable bonds is 4. The smallest absolute Gasteiger partial charge is 0.320 e. The first kappa shape index (κ1) is 13.4. The number of carboxylic acids is 1. The molecule has 1 aliphatic heterocycles. The molecule has 0 radical (unpaired) electrons. The molecule has 1 rings (SSSR count). The fourth-order valence-corrected chi connectivity index (χ4v) is 2.90. The van der Waals surface area contributed by atoms with Gasteiger partial charge in [-0.3, -0.25) is 4.79 Å². The van der Waals surface area contributed by atoms with E-state index in [0.717, 1.165) is 4.31 Å². The van der Waals surface area contributed by atoms with E-state index >= 15 is 0 Å². The lowest BCUT2D eigenvalue weighted by molar-refractivity contribution is -0.134. The van der Waals surface area contributed by atoms with Crippen molar-refractivity contribution in [2.24, 2.45) is 0 Å². The normalized spacial score (nSPS) is 27.9. The number of aliphatic hydroxyl groups excluding tert-OH is 1. The third kappa shape index (κ3) is 3.41. The predicted molar refractivity (Wildman–Crippen MR) is 54.4 cm³/mol. The monoisotopic (exact) mass is 253 g/mol. The summed E-state index contributed by atoms with van der Waals surface area (Å²) in [5, 5.41) is 17.4. The van der Waals surface area contributed by atoms with Gasteiger partial charge >= 0.3 is 5.97 Å². The highest BCUT2D eigenvalue weighted by Gasteiger charge is 2.33. The average Bonchev–Trinajstić information content (AvgIpc) is 2.14. The first-order valence-corrected chi connectivity index (χ1v) is 6.42. The van der Waals surface area contributed by atoms with Gasteiger partial charge in [0.05, 0.1) is 18.8 Å². The average molecular weight is 253 g/mol. The molecule has 0 amide bonds. The summed E-state index contributed by atoms with van der Waals surface area (Å²) < 4.78 is 29.5. The number of ether oxygens (including phenoxy) is 1. The molecule has 0 spiro atoms. The quantitative estimate of drug-likeness (QED) is 0.630. The maximum Gasteiger partial charge on any atom is 0.320 e. The summed E-state index contributed by atoms with van der Waals surface area (Å²) in [4.78, 5) is 10.4. The topological polar surface area (TPSA) is 104 Å². The molecule has 8 heteroatoms. The van der Waals surface area contributed by atoms with Crippen molar-refractivity contribution in [3.63, 3.8) is 0 Å². The van der Waals surface area contributed by atoms with E-state index in [0.29, 0.717) is 0 Å². The SMILES string of the molecule is CC1CN(S(=O)(=O)CC(=O)O)CC(CO)O1. The number of aliphatic carboxylic acids is 1. The van der Waals surface area contributed by atoms with E-state index < -0.39 is 27.8 Å². The zero-order chi connectivity index (χ0) is 12.3. The minimum Gasteiger partial charge on any atom is -0.480 e. The molecule has 1 saturated heterocycles. The molecule has 0 aromatic rings. The fourth-order valence-electron chi connectivity index (χ4n) is 1.58. The van der Waals surface area contributed by atoms with E-state index in [-0.39, 0.29) is 25.8 Å². The highest BCUT2D eigenvalue weighted by Crippen LogP contribution is 2.14. The third-order valence-electron chi connectivity index (χ3n) is 2.20. The van der Waals surface area contributed by atoms with E-state index in [2.05, 4.69) is 0 Å². The van der Waals surface area contributed by atoms with Crippen molar-refractivity contribution in [2.75, 3.05) is 25.4 Å². The van der Waals surface area contributed by atoms with Crippen LogP contribution in [0.15, 0.2) is 0 Å². The van der Waals surface area contributed by atoms with Crippen LogP contribution >= 0.6 is 0 Å². The van der Waals surface area contributed by atoms with Crippen molar-refractivity contribution < 1.29 is 28.2 Å². The molecule has 7 nitrogen and oxygen atoms in total. The third-order valence-corrected chi connectivity index (χ3v) is 3.89. The van der Waals surface area contributed by atoms with Crippen LogP contribution in [0.4, 0.5) is 0 Å². The van der Waals surface area contributed by atoms with Gasteiger partial charge in [0.15, 0.2) is 5.75 Å². The van der Waals surface area contributed by atoms with E-state index in [9.17, 15) is 13.2 Å². The summed E-state index contributed by atoms with van der Waals surface area (Å²) in [6, 6.07) is 0. The Morgan fingerprint density at radius 1 is 1.50 bits per heavy atom. The predicted octanol–water partition coefficient (Wildman–Crippen LogP) is -1.52. The van der Waals surface area contributed by atoms with Crippen molar-refractivity contribution in [3.8, 4) is 0 Å². The van der Waals surface area contributed by atoms with Crippen LogP contribution in [0.1, 0.15) is 6.92 Å². The minimum absolute atomic E-state index is 0.00352. The van der Waals surface area contributed by atoms with E-state index in [1.165, 1.54) is 0 Å². The molecule has 0 bridgehead atoms. The van der Waals surface area contributed by atoms with Gasteiger partial charge in [-0.15, -0.1) is 0 Å². The first-order chi connectivity index (χ1) is 7.35. The van der Waals surface area contributed by atoms with Crippen molar-refractivity contribution in [1.29, 1.82) is 0 Å². The molecule has 94 valence electrons. The van der Waals surface area contributed by atoms with Crippen molar-refractivity contribution in [2.45, 2.75) is 19.1 Å². The van der Waals surface area contributed by atoms with Gasteiger partial charge in [0.1, 0.15) is 0 Å². The molecule has 2 atom stereocenters. The van der Waals surface area contributed by atoms with Gasteiger partial charge in [-0.1, -0.05) is 0 Å². The van der Waals surface area contributed by atoms with E-state index in [4.69, 9.17) is 14.9 Å². The summed E-state index contributed by atoms with van der Waals surface area (Å²) in [5.74, 6) is -2.32. The van der Waals surface area contributed by atoms with Crippen molar-refractivity contribution in [1.82, 2.24) is 4.31 Å². The Hall–Kier alpha value is -0.700. The van der Waals surface area contributed by atoms with Gasteiger partial charge in [0.2, 0.25) is 10.0 Å². The first-order valence-electron chi connectivity index (χ1n) is 4.81. The Morgan fingerprint density at radius 2 is 2.12 bits per heavy atom. The molecule has 1 heterocycles. The lowest BCUT2D eigenvalue weighted by atomic mass is 10.2. The number of aliphatic hydroxyl groups is 1. The van der Waals surface area contributed by atoms with Crippen molar-refractivity contribution >= 4 is 16.0 Å². The molecule has 2 N–H and O–H groups in total. The van der Waals surface area contributed by atoms with Gasteiger partial charge in [0, 0.05) is 13.1 Å². The summed E-state index contributed by atoms with van der Waals surface area (Å²) >= 11 is 0. The summed E-state index contributed by atoms with van der Waals surface area (Å²) in [5.41, 5.74) is 0. The molecule has 0 saturated carbocycles. The molecule has 0 aliphatic carbocycles. The number of carboxylic acid groups (broad SMARTS) is 1. The number of nitrogens with zero attached hydrogens (tertiary/aromatic N) is 1. The molecule has 1 aliphatic rings. The number of sulfonamides is 1. The Labute approximate surface area is 93.7 Å². The van der Waals surface area contributed by atoms with Crippen LogP contribution in [-0.4, -0.2) is 66.6 Å². The lowest BCUT2D eigenvalue weighted by Crippen LogP contribution is -2.51. The number of morpholine rings is 1. The molecule has 0 aromatic heterocycles. The Balaban J connectivity index is 2.75. The van der Waals surface area contributed by atoms with Gasteiger partial charge in [-0.05, 0) is 6.92 Å². The zero-order valence-electron chi connectivity index (χ0n) is 8.87. The number of carbonyl (C=O) groups is 1. The van der Waals surface area contributed by atoms with Crippen LogP contribution in [0.2, 0.25) is 0 Å². The second-order valence-electron chi connectivity index (χ2n) is 3.72. The van der Waals surface area contributed by atoms with Crippen LogP contribution in [-0.2, 0) is 19.6 Å². The Bertz CT molecular complexity index is 354. The molecule has 0 aromatic carbocycles. The minimum atomic E-state index is -3.82. The molecular formula is C8H15NO6S. The van der Waals surface area contributed by atoms with Gasteiger partial charge < -0.3 is 14.9 Å². The van der Waals surface area contributed by atoms with Crippen LogP contribution in [0, 0.1) is 0 Å². The van der Waals surface area contributed by atoms with Crippen LogP contribution in [0.25, 0.3) is 0 Å². The highest BCUT2D eigenvalue weighted by atomic mass is 32.2. The summed E-state index contributed by atoms with van der Waals surface area (Å²) in [6.45, 7) is 1.50. The highest BCUT2D eigenvalue weighted by molar-refractivity contribution is 7.89. The standard InChI is InChI=1S/C8H15NO6S/c1-6-2-9(3-7(4-10)15-6)16(13,14)5-8(11)12/h6-7,10H,2-5H2,1H3,(H,11,12). The summed E-state index contributed by atoms with van der Waals surface area (Å²) in [7, 11) is -3.82. The molecule has 2 unspecified atom stereocenters. The van der Waals surface area contributed by atoms with Crippen molar-refractivity contribution in [3.05, 3.63) is 0 Å². The van der Waals surface area contributed by atoms with Gasteiger partial charge in [-0.2, -0.15) is 4.31 Å². The van der Waals surface area contributed by atoms with E-state index in [1.807, 2.05) is 0 Å². The molecule has 1 fully saturated rings. The van der Waals surface area contributed by atoms with Crippen LogP contribution in [0.5, 0.6) is 0 Å². The zero-order valence-corrected chi connectivity index (χ0v) is 9.68. The van der Waals surface area contributed by atoms with Gasteiger partial charge in [0.25, 0.3) is 0 Å². The fraction of sp³-hybridized carbons (Fsp3) is 0.875. The second kappa shape index (κ2) is 5.09. The number of hydrogen-bond donors (Lipinski definition) is 2. The maximum atomic E-state index is 11.6. The van der Waals surface area contributed by atoms with Crippen LogP contribution < -0.4 is 0 Å². The maximum absolute atomic E-state index is 11.6. The van der Waals surface area contributed by atoms with E-state index in [1.54, 1.807) is 6.92 Å².